The highest BCUT2D eigenvalue weighted by Gasteiger charge is 2.16. The molecule has 0 aliphatic carbocycles. The minimum atomic E-state index is -0.481. The van der Waals surface area contributed by atoms with Gasteiger partial charge in [-0.1, -0.05) is 11.6 Å². The number of pyridine rings is 2. The van der Waals surface area contributed by atoms with Crippen molar-refractivity contribution in [2.75, 3.05) is 45.2 Å². The summed E-state index contributed by atoms with van der Waals surface area (Å²) in [5.41, 5.74) is 5.39. The van der Waals surface area contributed by atoms with Crippen LogP contribution in [0, 0.1) is 0 Å². The van der Waals surface area contributed by atoms with Crippen LogP contribution in [-0.4, -0.2) is 71.1 Å². The van der Waals surface area contributed by atoms with E-state index in [-0.39, 0.29) is 0 Å². The number of hydrogen-bond acceptors (Lipinski definition) is 7. The summed E-state index contributed by atoms with van der Waals surface area (Å²) < 4.78 is 4.71. The van der Waals surface area contributed by atoms with Crippen LogP contribution in [-0.2, 0) is 4.74 Å². The van der Waals surface area contributed by atoms with Crippen molar-refractivity contribution in [2.45, 2.75) is 0 Å². The van der Waals surface area contributed by atoms with Crippen LogP contribution in [0.15, 0.2) is 48.8 Å². The maximum atomic E-state index is 11.7. The first-order valence-electron chi connectivity index (χ1n) is 10.7. The van der Waals surface area contributed by atoms with Crippen molar-refractivity contribution in [1.29, 1.82) is 0 Å². The van der Waals surface area contributed by atoms with Gasteiger partial charge in [0.15, 0.2) is 5.82 Å². The average molecular weight is 463 g/mol. The molecule has 1 aliphatic rings. The first-order valence-corrected chi connectivity index (χ1v) is 11.0. The highest BCUT2D eigenvalue weighted by Crippen LogP contribution is 2.28. The third-order valence-corrected chi connectivity index (χ3v) is 6.16. The number of anilines is 1. The fourth-order valence-electron chi connectivity index (χ4n) is 3.93. The van der Waals surface area contributed by atoms with Crippen molar-refractivity contribution in [1.82, 2.24) is 24.8 Å². The number of imidazole rings is 1. The predicted molar refractivity (Wildman–Crippen MR) is 129 cm³/mol. The number of H-pyrrole nitrogens is 1. The standard InChI is InChI=1S/C24H23ClN6O2/c1-30-7-9-31(10-8-30)17-4-6-19-21(12-17)29-23(28-19)20-5-3-15(13-26-20)22-18(25)11-16(14-27-22)24(32)33-2/h3-6,11-14H,7-10H2,1-2H3,(H,28,29). The summed E-state index contributed by atoms with van der Waals surface area (Å²) in [6.07, 6.45) is 3.14. The number of aromatic nitrogens is 4. The normalized spacial score (nSPS) is 14.6. The zero-order valence-corrected chi connectivity index (χ0v) is 19.1. The molecule has 0 saturated carbocycles. The zero-order chi connectivity index (χ0) is 22.9. The number of piperazine rings is 1. The van der Waals surface area contributed by atoms with E-state index in [4.69, 9.17) is 21.3 Å². The monoisotopic (exact) mass is 462 g/mol. The van der Waals surface area contributed by atoms with Crippen molar-refractivity contribution in [3.8, 4) is 22.8 Å². The molecule has 0 unspecified atom stereocenters. The number of hydrogen-bond donors (Lipinski definition) is 1. The molecule has 168 valence electrons. The van der Waals surface area contributed by atoms with Crippen molar-refractivity contribution < 1.29 is 9.53 Å². The van der Waals surface area contributed by atoms with Gasteiger partial charge in [-0.25, -0.2) is 9.78 Å². The average Bonchev–Trinajstić information content (AvgIpc) is 3.27. The second-order valence-electron chi connectivity index (χ2n) is 8.06. The van der Waals surface area contributed by atoms with Crippen LogP contribution in [0.1, 0.15) is 10.4 Å². The van der Waals surface area contributed by atoms with E-state index in [1.807, 2.05) is 18.2 Å². The number of carbonyl (C=O) groups excluding carboxylic acids is 1. The number of fused-ring (bicyclic) bond motifs is 1. The molecule has 1 saturated heterocycles. The summed E-state index contributed by atoms with van der Waals surface area (Å²) in [4.78, 5) is 33.4. The Morgan fingerprint density at radius 3 is 2.58 bits per heavy atom. The number of rotatable bonds is 4. The van der Waals surface area contributed by atoms with Crippen LogP contribution in [0.3, 0.4) is 0 Å². The number of likely N-dealkylation sites (N-methyl/N-ethyl adjacent to an activating group) is 1. The number of esters is 1. The Balaban J connectivity index is 1.39. The second kappa shape index (κ2) is 8.80. The van der Waals surface area contributed by atoms with Crippen molar-refractivity contribution in [2.24, 2.45) is 0 Å². The van der Waals surface area contributed by atoms with Gasteiger partial charge in [0.1, 0.15) is 5.69 Å². The lowest BCUT2D eigenvalue weighted by molar-refractivity contribution is 0.0600. The molecule has 9 heteroatoms. The predicted octanol–water partition coefficient (Wildman–Crippen LogP) is 3.88. The van der Waals surface area contributed by atoms with E-state index < -0.39 is 5.97 Å². The summed E-state index contributed by atoms with van der Waals surface area (Å²) in [5, 5.41) is 0.354. The number of halogens is 1. The first kappa shape index (κ1) is 21.4. The molecule has 0 bridgehead atoms. The van der Waals surface area contributed by atoms with E-state index in [0.29, 0.717) is 22.1 Å². The molecule has 0 amide bonds. The number of nitrogens with zero attached hydrogens (tertiary/aromatic N) is 5. The van der Waals surface area contributed by atoms with E-state index in [0.717, 1.165) is 48.5 Å². The second-order valence-corrected chi connectivity index (χ2v) is 8.46. The SMILES string of the molecule is COC(=O)c1cnc(-c2ccc(-c3nc4ccc(N5CCN(C)CC5)cc4[nH]3)nc2)c(Cl)c1. The molecule has 1 aromatic carbocycles. The molecule has 33 heavy (non-hydrogen) atoms. The smallest absolute Gasteiger partial charge is 0.339 e. The van der Waals surface area contributed by atoms with Crippen molar-refractivity contribution >= 4 is 34.3 Å². The Labute approximate surface area is 196 Å². The Hall–Kier alpha value is -3.49. The first-order chi connectivity index (χ1) is 16.0. The van der Waals surface area contributed by atoms with E-state index in [2.05, 4.69) is 43.9 Å². The van der Waals surface area contributed by atoms with Crippen LogP contribution in [0.2, 0.25) is 5.02 Å². The topological polar surface area (TPSA) is 87.2 Å². The lowest BCUT2D eigenvalue weighted by Gasteiger charge is -2.34. The molecule has 8 nitrogen and oxygen atoms in total. The zero-order valence-electron chi connectivity index (χ0n) is 18.4. The van der Waals surface area contributed by atoms with Gasteiger partial charge in [-0.05, 0) is 43.4 Å². The van der Waals surface area contributed by atoms with Gasteiger partial charge in [0.2, 0.25) is 0 Å². The third-order valence-electron chi connectivity index (χ3n) is 5.88. The highest BCUT2D eigenvalue weighted by molar-refractivity contribution is 6.33. The van der Waals surface area contributed by atoms with Gasteiger partial charge >= 0.3 is 5.97 Å². The van der Waals surface area contributed by atoms with Gasteiger partial charge in [0, 0.05) is 49.8 Å². The van der Waals surface area contributed by atoms with E-state index in [9.17, 15) is 4.79 Å². The van der Waals surface area contributed by atoms with Gasteiger partial charge in [-0.15, -0.1) is 0 Å². The van der Waals surface area contributed by atoms with Crippen LogP contribution < -0.4 is 4.90 Å². The summed E-state index contributed by atoms with van der Waals surface area (Å²) in [7, 11) is 3.47. The fraction of sp³-hybridized carbons (Fsp3) is 0.250. The third kappa shape index (κ3) is 4.27. The number of aromatic amines is 1. The molecule has 1 N–H and O–H groups in total. The molecule has 3 aromatic heterocycles. The fourth-order valence-corrected chi connectivity index (χ4v) is 4.21. The molecule has 0 radical (unpaired) electrons. The molecule has 4 aromatic rings. The summed E-state index contributed by atoms with van der Waals surface area (Å²) in [6, 6.07) is 11.6. The number of ether oxygens (including phenoxy) is 1. The van der Waals surface area contributed by atoms with Gasteiger partial charge in [0.05, 0.1) is 34.4 Å². The quantitative estimate of drug-likeness (QED) is 0.460. The van der Waals surface area contributed by atoms with Crippen molar-refractivity contribution in [3.05, 3.63) is 59.4 Å². The lowest BCUT2D eigenvalue weighted by atomic mass is 10.1. The van der Waals surface area contributed by atoms with E-state index >= 15 is 0 Å². The minimum absolute atomic E-state index is 0.300. The Bertz CT molecular complexity index is 1310. The number of benzene rings is 1. The highest BCUT2D eigenvalue weighted by atomic mass is 35.5. The summed E-state index contributed by atoms with van der Waals surface area (Å²) >= 11 is 6.34. The molecular weight excluding hydrogens is 440 g/mol. The summed E-state index contributed by atoms with van der Waals surface area (Å²) in [6.45, 7) is 4.16. The van der Waals surface area contributed by atoms with Crippen molar-refractivity contribution in [3.63, 3.8) is 0 Å². The Kier molecular flexibility index (Phi) is 5.70. The van der Waals surface area contributed by atoms with Gasteiger partial charge in [-0.2, -0.15) is 0 Å². The number of carbonyl (C=O) groups is 1. The maximum absolute atomic E-state index is 11.7. The lowest BCUT2D eigenvalue weighted by Crippen LogP contribution is -2.44. The van der Waals surface area contributed by atoms with E-state index in [1.54, 1.807) is 12.3 Å². The van der Waals surface area contributed by atoms with Crippen LogP contribution in [0.4, 0.5) is 5.69 Å². The van der Waals surface area contributed by atoms with Gasteiger partial charge in [-0.3, -0.25) is 9.97 Å². The molecule has 1 aliphatic heterocycles. The van der Waals surface area contributed by atoms with Crippen LogP contribution >= 0.6 is 11.6 Å². The number of methoxy groups -OCH3 is 1. The number of nitrogens with one attached hydrogen (secondary N) is 1. The molecule has 4 heterocycles. The molecule has 1 fully saturated rings. The Morgan fingerprint density at radius 2 is 1.88 bits per heavy atom. The Morgan fingerprint density at radius 1 is 1.06 bits per heavy atom. The molecule has 0 spiro atoms. The summed E-state index contributed by atoms with van der Waals surface area (Å²) in [5.74, 6) is 0.220. The van der Waals surface area contributed by atoms with Crippen LogP contribution in [0.25, 0.3) is 33.8 Å². The van der Waals surface area contributed by atoms with E-state index in [1.165, 1.54) is 19.0 Å². The maximum Gasteiger partial charge on any atom is 0.339 e. The van der Waals surface area contributed by atoms with Gasteiger partial charge in [0.25, 0.3) is 0 Å². The molecule has 5 rings (SSSR count). The molecular formula is C24H23ClN6O2. The van der Waals surface area contributed by atoms with Gasteiger partial charge < -0.3 is 19.5 Å². The largest absolute Gasteiger partial charge is 0.465 e. The van der Waals surface area contributed by atoms with Crippen LogP contribution in [0.5, 0.6) is 0 Å². The minimum Gasteiger partial charge on any atom is -0.465 e. The molecule has 0 atom stereocenters.